The van der Waals surface area contributed by atoms with Crippen LogP contribution in [-0.2, 0) is 4.79 Å². The minimum Gasteiger partial charge on any atom is -0.325 e. The van der Waals surface area contributed by atoms with E-state index in [9.17, 15) is 9.59 Å². The molecule has 1 fully saturated rings. The van der Waals surface area contributed by atoms with Gasteiger partial charge in [-0.2, -0.15) is 0 Å². The van der Waals surface area contributed by atoms with Crippen LogP contribution in [0.3, 0.4) is 0 Å². The van der Waals surface area contributed by atoms with Crippen molar-refractivity contribution in [3.05, 3.63) is 51.9 Å². The molecule has 0 bridgehead atoms. The number of amides is 1. The number of thioether (sulfide) groups is 1. The smallest absolute Gasteiger partial charge is 0.251 e. The second kappa shape index (κ2) is 8.34. The normalized spacial score (nSPS) is 15.1. The van der Waals surface area contributed by atoms with E-state index in [0.717, 1.165) is 5.69 Å². The minimum atomic E-state index is -0.200. The third-order valence-electron chi connectivity index (χ3n) is 4.46. The van der Waals surface area contributed by atoms with E-state index in [1.54, 1.807) is 6.92 Å². The highest BCUT2D eigenvalue weighted by molar-refractivity contribution is 7.99. The van der Waals surface area contributed by atoms with Gasteiger partial charge < -0.3 is 10.3 Å². The van der Waals surface area contributed by atoms with Gasteiger partial charge in [0.1, 0.15) is 0 Å². The van der Waals surface area contributed by atoms with E-state index < -0.39 is 0 Å². The van der Waals surface area contributed by atoms with Crippen LogP contribution in [0.4, 0.5) is 5.69 Å². The van der Waals surface area contributed by atoms with Crippen molar-refractivity contribution in [2.24, 2.45) is 0 Å². The Kier molecular flexibility index (Phi) is 5.91. The van der Waals surface area contributed by atoms with Crippen LogP contribution in [-0.4, -0.2) is 21.6 Å². The quantitative estimate of drug-likeness (QED) is 0.629. The molecule has 1 aromatic heterocycles. The lowest BCUT2D eigenvalue weighted by Crippen LogP contribution is -2.15. The molecule has 0 saturated heterocycles. The van der Waals surface area contributed by atoms with Crippen LogP contribution in [0.5, 0.6) is 0 Å². The Balaban J connectivity index is 1.53. The van der Waals surface area contributed by atoms with E-state index in [-0.39, 0.29) is 17.2 Å². The van der Waals surface area contributed by atoms with E-state index in [0.29, 0.717) is 16.8 Å². The molecule has 1 amide bonds. The number of aryl methyl sites for hydroxylation is 1. The van der Waals surface area contributed by atoms with E-state index in [4.69, 9.17) is 0 Å². The highest BCUT2D eigenvalue weighted by Gasteiger charge is 2.15. The summed E-state index contributed by atoms with van der Waals surface area (Å²) in [6.07, 6.45) is 6.52. The van der Waals surface area contributed by atoms with Gasteiger partial charge in [0.25, 0.3) is 5.56 Å². The topological polar surface area (TPSA) is 74.8 Å². The van der Waals surface area contributed by atoms with Crippen LogP contribution >= 0.6 is 11.8 Å². The zero-order valence-electron chi connectivity index (χ0n) is 14.4. The van der Waals surface area contributed by atoms with Gasteiger partial charge in [0, 0.05) is 17.4 Å². The fourth-order valence-electron chi connectivity index (χ4n) is 3.23. The first-order valence-electron chi connectivity index (χ1n) is 8.71. The van der Waals surface area contributed by atoms with E-state index in [2.05, 4.69) is 27.4 Å². The average molecular weight is 357 g/mol. The maximum Gasteiger partial charge on any atom is 0.251 e. The minimum absolute atomic E-state index is 0.112. The van der Waals surface area contributed by atoms with Crippen LogP contribution < -0.4 is 10.9 Å². The highest BCUT2D eigenvalue weighted by atomic mass is 32.2. The molecule has 132 valence electrons. The van der Waals surface area contributed by atoms with Crippen molar-refractivity contribution in [1.29, 1.82) is 0 Å². The molecule has 1 aliphatic carbocycles. The van der Waals surface area contributed by atoms with Crippen molar-refractivity contribution in [3.63, 3.8) is 0 Å². The maximum atomic E-state index is 12.1. The molecular formula is C19H23N3O2S. The molecule has 1 aromatic carbocycles. The Morgan fingerprint density at radius 3 is 2.64 bits per heavy atom. The Morgan fingerprint density at radius 2 is 1.96 bits per heavy atom. The molecule has 0 aliphatic heterocycles. The summed E-state index contributed by atoms with van der Waals surface area (Å²) >= 11 is 1.22. The van der Waals surface area contributed by atoms with Crippen molar-refractivity contribution in [3.8, 4) is 0 Å². The number of hydrogen-bond acceptors (Lipinski definition) is 4. The molecule has 5 nitrogen and oxygen atoms in total. The van der Waals surface area contributed by atoms with Gasteiger partial charge in [-0.1, -0.05) is 43.2 Å². The van der Waals surface area contributed by atoms with Crippen LogP contribution in [0, 0.1) is 6.92 Å². The molecule has 2 aromatic rings. The zero-order valence-corrected chi connectivity index (χ0v) is 15.2. The van der Waals surface area contributed by atoms with Crippen LogP contribution in [0.1, 0.15) is 49.3 Å². The SMILES string of the molecule is Cc1cc(=O)[nH]c(SCC(=O)Nc2ccc(C3CCCCC3)cc2)n1. The Labute approximate surface area is 151 Å². The number of H-pyrrole nitrogens is 1. The first-order valence-corrected chi connectivity index (χ1v) is 9.69. The maximum absolute atomic E-state index is 12.1. The molecule has 3 rings (SSSR count). The van der Waals surface area contributed by atoms with Gasteiger partial charge in [-0.15, -0.1) is 0 Å². The Hall–Kier alpha value is -2.08. The van der Waals surface area contributed by atoms with Crippen LogP contribution in [0.2, 0.25) is 0 Å². The lowest BCUT2D eigenvalue weighted by molar-refractivity contribution is -0.113. The highest BCUT2D eigenvalue weighted by Crippen LogP contribution is 2.32. The predicted molar refractivity (Wildman–Crippen MR) is 101 cm³/mol. The van der Waals surface area contributed by atoms with Gasteiger partial charge in [-0.3, -0.25) is 9.59 Å². The molecule has 1 saturated carbocycles. The van der Waals surface area contributed by atoms with Gasteiger partial charge in [0.05, 0.1) is 5.75 Å². The van der Waals surface area contributed by atoms with Crippen molar-refractivity contribution < 1.29 is 4.79 Å². The van der Waals surface area contributed by atoms with E-state index >= 15 is 0 Å². The van der Waals surface area contributed by atoms with E-state index in [1.807, 2.05) is 12.1 Å². The number of carbonyl (C=O) groups is 1. The van der Waals surface area contributed by atoms with Crippen molar-refractivity contribution in [1.82, 2.24) is 9.97 Å². The van der Waals surface area contributed by atoms with Gasteiger partial charge in [0.2, 0.25) is 5.91 Å². The summed E-state index contributed by atoms with van der Waals surface area (Å²) in [6, 6.07) is 9.62. The van der Waals surface area contributed by atoms with Gasteiger partial charge in [-0.25, -0.2) is 4.98 Å². The molecule has 1 aliphatic rings. The lowest BCUT2D eigenvalue weighted by atomic mass is 9.84. The van der Waals surface area contributed by atoms with Gasteiger partial charge >= 0.3 is 0 Å². The monoisotopic (exact) mass is 357 g/mol. The number of hydrogen-bond donors (Lipinski definition) is 2. The van der Waals surface area contributed by atoms with Crippen molar-refractivity contribution in [2.45, 2.75) is 50.1 Å². The standard InChI is InChI=1S/C19H23N3O2S/c1-13-11-17(23)22-19(20-13)25-12-18(24)21-16-9-7-15(8-10-16)14-5-3-2-4-6-14/h7-11,14H,2-6,12H2,1H3,(H,21,24)(H,20,22,23). The second-order valence-corrected chi connectivity index (χ2v) is 7.45. The summed E-state index contributed by atoms with van der Waals surface area (Å²) in [5, 5.41) is 3.36. The molecule has 6 heteroatoms. The lowest BCUT2D eigenvalue weighted by Gasteiger charge is -2.22. The molecule has 0 unspecified atom stereocenters. The van der Waals surface area contributed by atoms with Crippen LogP contribution in [0.25, 0.3) is 0 Å². The number of anilines is 1. The Bertz CT molecular complexity index is 780. The number of benzene rings is 1. The van der Waals surface area contributed by atoms with Gasteiger partial charge in [-0.05, 0) is 43.4 Å². The summed E-state index contributed by atoms with van der Waals surface area (Å²) in [5.41, 5.74) is 2.61. The van der Waals surface area contributed by atoms with Crippen LogP contribution in [0.15, 0.2) is 40.3 Å². The molecule has 0 atom stereocenters. The van der Waals surface area contributed by atoms with Crippen molar-refractivity contribution in [2.75, 3.05) is 11.1 Å². The Morgan fingerprint density at radius 1 is 1.24 bits per heavy atom. The third kappa shape index (κ3) is 5.19. The van der Waals surface area contributed by atoms with Gasteiger partial charge in [0.15, 0.2) is 5.16 Å². The molecular weight excluding hydrogens is 334 g/mol. The summed E-state index contributed by atoms with van der Waals surface area (Å²) in [7, 11) is 0. The second-order valence-electron chi connectivity index (χ2n) is 6.49. The number of rotatable bonds is 5. The number of nitrogens with zero attached hydrogens (tertiary/aromatic N) is 1. The number of aromatic amines is 1. The molecule has 25 heavy (non-hydrogen) atoms. The molecule has 2 N–H and O–H groups in total. The van der Waals surface area contributed by atoms with Crippen molar-refractivity contribution >= 4 is 23.4 Å². The first-order chi connectivity index (χ1) is 12.1. The first kappa shape index (κ1) is 17.7. The average Bonchev–Trinajstić information content (AvgIpc) is 2.61. The number of aromatic nitrogens is 2. The molecule has 0 spiro atoms. The summed E-state index contributed by atoms with van der Waals surface area (Å²) in [6.45, 7) is 1.76. The summed E-state index contributed by atoms with van der Waals surface area (Å²) in [5.74, 6) is 0.759. The number of nitrogens with one attached hydrogen (secondary N) is 2. The summed E-state index contributed by atoms with van der Waals surface area (Å²) < 4.78 is 0. The fraction of sp³-hybridized carbons (Fsp3) is 0.421. The number of carbonyl (C=O) groups excluding carboxylic acids is 1. The predicted octanol–water partition coefficient (Wildman–Crippen LogP) is 3.86. The van der Waals surface area contributed by atoms with E-state index in [1.165, 1.54) is 55.5 Å². The largest absolute Gasteiger partial charge is 0.325 e. The molecule has 0 radical (unpaired) electrons. The molecule has 1 heterocycles. The summed E-state index contributed by atoms with van der Waals surface area (Å²) in [4.78, 5) is 30.3. The zero-order chi connectivity index (χ0) is 17.6. The third-order valence-corrected chi connectivity index (χ3v) is 5.33. The fourth-order valence-corrected chi connectivity index (χ4v) is 3.95.